The lowest BCUT2D eigenvalue weighted by Gasteiger charge is -2.33. The molecule has 1 fully saturated rings. The first-order valence-electron chi connectivity index (χ1n) is 9.68. The van der Waals surface area contributed by atoms with Gasteiger partial charge in [0.1, 0.15) is 0 Å². The van der Waals surface area contributed by atoms with Gasteiger partial charge in [-0.2, -0.15) is 18.3 Å². The maximum atomic E-state index is 13.7. The monoisotopic (exact) mass is 444 g/mol. The van der Waals surface area contributed by atoms with Crippen LogP contribution in [0.1, 0.15) is 29.9 Å². The van der Waals surface area contributed by atoms with E-state index in [1.807, 2.05) is 0 Å². The highest BCUT2D eigenvalue weighted by molar-refractivity contribution is 6.30. The Morgan fingerprint density at radius 1 is 1.33 bits per heavy atom. The fraction of sp³-hybridized carbons (Fsp3) is 0.500. The lowest BCUT2D eigenvalue weighted by atomic mass is 10.1. The van der Waals surface area contributed by atoms with Crippen molar-refractivity contribution in [2.45, 2.75) is 26.1 Å². The minimum absolute atomic E-state index is 0.122. The van der Waals surface area contributed by atoms with Crippen LogP contribution in [0.4, 0.5) is 13.2 Å². The maximum Gasteiger partial charge on any atom is 0.434 e. The predicted octanol–water partition coefficient (Wildman–Crippen LogP) is 3.63. The van der Waals surface area contributed by atoms with Gasteiger partial charge in [0.15, 0.2) is 5.69 Å². The molecule has 2 aromatic rings. The third-order valence-electron chi connectivity index (χ3n) is 4.69. The first-order valence-corrected chi connectivity index (χ1v) is 10.1. The molecule has 2 heterocycles. The van der Waals surface area contributed by atoms with Gasteiger partial charge in [0, 0.05) is 31.2 Å². The summed E-state index contributed by atoms with van der Waals surface area (Å²) in [5.74, 6) is -0.349. The Balaban J connectivity index is 1.73. The number of ether oxygens (including phenoxy) is 1. The van der Waals surface area contributed by atoms with Crippen LogP contribution in [0.5, 0.6) is 0 Å². The van der Waals surface area contributed by atoms with Crippen LogP contribution in [0.2, 0.25) is 5.02 Å². The topological polar surface area (TPSA) is 59.4 Å². The number of nitrogens with one attached hydrogen (secondary N) is 1. The largest absolute Gasteiger partial charge is 0.434 e. The Kier molecular flexibility index (Phi) is 7.05. The molecule has 1 N–H and O–H groups in total. The maximum absolute atomic E-state index is 13.7. The van der Waals surface area contributed by atoms with Gasteiger partial charge in [-0.1, -0.05) is 25.4 Å². The quantitative estimate of drug-likeness (QED) is 0.739. The van der Waals surface area contributed by atoms with E-state index in [0.717, 1.165) is 19.3 Å². The van der Waals surface area contributed by atoms with Crippen molar-refractivity contribution < 1.29 is 22.7 Å². The minimum Gasteiger partial charge on any atom is -0.374 e. The van der Waals surface area contributed by atoms with E-state index in [2.05, 4.69) is 29.2 Å². The lowest BCUT2D eigenvalue weighted by Crippen LogP contribution is -2.48. The van der Waals surface area contributed by atoms with E-state index < -0.39 is 23.3 Å². The number of alkyl halides is 3. The van der Waals surface area contributed by atoms with Crippen LogP contribution in [-0.4, -0.2) is 59.5 Å². The van der Waals surface area contributed by atoms with Gasteiger partial charge >= 0.3 is 6.18 Å². The van der Waals surface area contributed by atoms with E-state index >= 15 is 0 Å². The molecule has 1 aromatic carbocycles. The number of benzene rings is 1. The Hall–Kier alpha value is -2.10. The zero-order valence-electron chi connectivity index (χ0n) is 16.7. The molecule has 0 aliphatic carbocycles. The standard InChI is InChI=1S/C20H24ClF3N4O2/c1-13(2)11-27-7-8-30-16(12-27)9-25-19(29)17-10-26-28(18(17)20(22,23)24)15-5-3-14(21)4-6-15/h3-6,10,13,16H,7-9,11-12H2,1-2H3,(H,25,29). The highest BCUT2D eigenvalue weighted by Crippen LogP contribution is 2.33. The molecule has 10 heteroatoms. The molecule has 1 aromatic heterocycles. The van der Waals surface area contributed by atoms with Crippen molar-refractivity contribution in [3.63, 3.8) is 0 Å². The molecule has 164 valence electrons. The number of halogens is 4. The summed E-state index contributed by atoms with van der Waals surface area (Å²) in [5.41, 5.74) is -1.51. The SMILES string of the molecule is CC(C)CN1CCOC(CNC(=O)c2cnn(-c3ccc(Cl)cc3)c2C(F)(F)F)C1. The van der Waals surface area contributed by atoms with Gasteiger partial charge in [-0.25, -0.2) is 4.68 Å². The molecule has 30 heavy (non-hydrogen) atoms. The van der Waals surface area contributed by atoms with E-state index in [-0.39, 0.29) is 18.3 Å². The van der Waals surface area contributed by atoms with Crippen LogP contribution in [0.25, 0.3) is 5.69 Å². The number of hydrogen-bond donors (Lipinski definition) is 1. The van der Waals surface area contributed by atoms with Crippen molar-refractivity contribution in [3.8, 4) is 5.69 Å². The Morgan fingerprint density at radius 2 is 2.03 bits per heavy atom. The molecule has 1 saturated heterocycles. The molecule has 1 amide bonds. The van der Waals surface area contributed by atoms with Crippen molar-refractivity contribution in [2.24, 2.45) is 5.92 Å². The van der Waals surface area contributed by atoms with Gasteiger partial charge in [-0.3, -0.25) is 9.69 Å². The molecule has 1 unspecified atom stereocenters. The van der Waals surface area contributed by atoms with Crippen LogP contribution in [0.15, 0.2) is 30.5 Å². The second kappa shape index (κ2) is 9.36. The first kappa shape index (κ1) is 22.6. The summed E-state index contributed by atoms with van der Waals surface area (Å²) in [5, 5.41) is 6.75. The van der Waals surface area contributed by atoms with Crippen LogP contribution in [0.3, 0.4) is 0 Å². The predicted molar refractivity (Wildman–Crippen MR) is 107 cm³/mol. The second-order valence-electron chi connectivity index (χ2n) is 7.65. The number of carbonyl (C=O) groups excluding carboxylic acids is 1. The van der Waals surface area contributed by atoms with Gasteiger partial charge in [0.05, 0.1) is 30.2 Å². The van der Waals surface area contributed by atoms with E-state index in [4.69, 9.17) is 16.3 Å². The number of amides is 1. The van der Waals surface area contributed by atoms with Gasteiger partial charge in [0.25, 0.3) is 5.91 Å². The van der Waals surface area contributed by atoms with Crippen molar-refractivity contribution >= 4 is 17.5 Å². The molecule has 1 aliphatic rings. The van der Waals surface area contributed by atoms with Crippen LogP contribution in [0, 0.1) is 5.92 Å². The molecule has 1 atom stereocenters. The smallest absolute Gasteiger partial charge is 0.374 e. The summed E-state index contributed by atoms with van der Waals surface area (Å²) in [6.07, 6.45) is -4.11. The van der Waals surface area contributed by atoms with E-state index in [1.54, 1.807) is 0 Å². The Morgan fingerprint density at radius 3 is 2.67 bits per heavy atom. The molecule has 0 saturated carbocycles. The summed E-state index contributed by atoms with van der Waals surface area (Å²) >= 11 is 5.81. The van der Waals surface area contributed by atoms with Crippen molar-refractivity contribution in [2.75, 3.05) is 32.8 Å². The fourth-order valence-electron chi connectivity index (χ4n) is 3.45. The van der Waals surface area contributed by atoms with Crippen molar-refractivity contribution in [3.05, 3.63) is 46.7 Å². The van der Waals surface area contributed by atoms with Crippen molar-refractivity contribution in [1.82, 2.24) is 20.0 Å². The van der Waals surface area contributed by atoms with Gasteiger partial charge in [-0.15, -0.1) is 0 Å². The van der Waals surface area contributed by atoms with Crippen LogP contribution in [-0.2, 0) is 10.9 Å². The van der Waals surface area contributed by atoms with Gasteiger partial charge < -0.3 is 10.1 Å². The number of aromatic nitrogens is 2. The van der Waals surface area contributed by atoms with Crippen LogP contribution < -0.4 is 5.32 Å². The Labute approximate surface area is 177 Å². The zero-order valence-corrected chi connectivity index (χ0v) is 17.5. The van der Waals surface area contributed by atoms with Gasteiger partial charge in [0.2, 0.25) is 0 Å². The average molecular weight is 445 g/mol. The highest BCUT2D eigenvalue weighted by atomic mass is 35.5. The summed E-state index contributed by atoms with van der Waals surface area (Å²) in [6, 6.07) is 5.74. The molecule has 6 nitrogen and oxygen atoms in total. The number of morpholine rings is 1. The van der Waals surface area contributed by atoms with Gasteiger partial charge in [-0.05, 0) is 30.2 Å². The molecule has 0 spiro atoms. The number of nitrogens with zero attached hydrogens (tertiary/aromatic N) is 3. The van der Waals surface area contributed by atoms with Crippen LogP contribution >= 0.6 is 11.6 Å². The lowest BCUT2D eigenvalue weighted by molar-refractivity contribution is -0.143. The summed E-state index contributed by atoms with van der Waals surface area (Å²) in [7, 11) is 0. The second-order valence-corrected chi connectivity index (χ2v) is 8.09. The molecule has 3 rings (SSSR count). The fourth-order valence-corrected chi connectivity index (χ4v) is 3.58. The number of carbonyl (C=O) groups is 1. The molecular formula is C20H24ClF3N4O2. The third kappa shape index (κ3) is 5.53. The van der Waals surface area contributed by atoms with E-state index in [1.165, 1.54) is 24.3 Å². The minimum atomic E-state index is -4.77. The molecule has 0 radical (unpaired) electrons. The zero-order chi connectivity index (χ0) is 21.9. The summed E-state index contributed by atoms with van der Waals surface area (Å²) in [4.78, 5) is 14.8. The Bertz CT molecular complexity index is 868. The normalized spacial score (nSPS) is 18.0. The molecule has 0 bridgehead atoms. The molecular weight excluding hydrogens is 421 g/mol. The first-order chi connectivity index (χ1) is 14.1. The van der Waals surface area contributed by atoms with E-state index in [9.17, 15) is 18.0 Å². The average Bonchev–Trinajstić information content (AvgIpc) is 3.12. The summed E-state index contributed by atoms with van der Waals surface area (Å²) < 4.78 is 47.6. The third-order valence-corrected chi connectivity index (χ3v) is 4.94. The van der Waals surface area contributed by atoms with E-state index in [0.29, 0.717) is 28.8 Å². The molecule has 1 aliphatic heterocycles. The number of hydrogen-bond acceptors (Lipinski definition) is 4. The summed E-state index contributed by atoms with van der Waals surface area (Å²) in [6.45, 7) is 7.20. The van der Waals surface area contributed by atoms with Crippen molar-refractivity contribution in [1.29, 1.82) is 0 Å². The highest BCUT2D eigenvalue weighted by Gasteiger charge is 2.40. The number of rotatable bonds is 6.